The van der Waals surface area contributed by atoms with Crippen LogP contribution in [0.4, 0.5) is 16.2 Å². The van der Waals surface area contributed by atoms with E-state index in [9.17, 15) is 4.79 Å². The van der Waals surface area contributed by atoms with Crippen molar-refractivity contribution in [2.75, 3.05) is 36.4 Å². The van der Waals surface area contributed by atoms with Crippen LogP contribution in [0.25, 0.3) is 10.9 Å². The second-order valence-electron chi connectivity index (χ2n) is 6.52. The van der Waals surface area contributed by atoms with Crippen molar-refractivity contribution in [1.29, 1.82) is 0 Å². The van der Waals surface area contributed by atoms with E-state index in [4.69, 9.17) is 34.8 Å². The Kier molecular flexibility index (Phi) is 5.49. The van der Waals surface area contributed by atoms with Crippen molar-refractivity contribution in [3.8, 4) is 0 Å². The molecule has 1 aliphatic rings. The fraction of sp³-hybridized carbons (Fsp3) is 0.200. The number of amides is 2. The molecular formula is C20H17Cl3N4O. The van der Waals surface area contributed by atoms with E-state index in [1.165, 1.54) is 0 Å². The second kappa shape index (κ2) is 8.03. The Hall–Kier alpha value is -2.21. The number of benzene rings is 2. The van der Waals surface area contributed by atoms with Gasteiger partial charge < -0.3 is 15.1 Å². The zero-order chi connectivity index (χ0) is 19.7. The largest absolute Gasteiger partial charge is 0.367 e. The molecule has 1 saturated heterocycles. The molecule has 2 aromatic carbocycles. The lowest BCUT2D eigenvalue weighted by atomic mass is 10.1. The first-order valence-electron chi connectivity index (χ1n) is 8.81. The number of piperazine rings is 1. The Morgan fingerprint density at radius 2 is 1.64 bits per heavy atom. The maximum Gasteiger partial charge on any atom is 0.322 e. The highest BCUT2D eigenvalue weighted by Crippen LogP contribution is 2.29. The summed E-state index contributed by atoms with van der Waals surface area (Å²) in [5.41, 5.74) is 2.47. The summed E-state index contributed by atoms with van der Waals surface area (Å²) in [5, 5.41) is 5.53. The van der Waals surface area contributed by atoms with Gasteiger partial charge in [0.1, 0.15) is 0 Å². The minimum atomic E-state index is -0.185. The monoisotopic (exact) mass is 434 g/mol. The van der Waals surface area contributed by atoms with Crippen LogP contribution in [0.3, 0.4) is 0 Å². The maximum absolute atomic E-state index is 12.6. The zero-order valence-electron chi connectivity index (χ0n) is 14.8. The molecule has 0 spiro atoms. The summed E-state index contributed by atoms with van der Waals surface area (Å²) in [6.07, 6.45) is 1.79. The number of carbonyl (C=O) groups excluding carboxylic acids is 1. The number of hydrogen-bond donors (Lipinski definition) is 1. The van der Waals surface area contributed by atoms with Gasteiger partial charge in [-0.3, -0.25) is 4.98 Å². The summed E-state index contributed by atoms with van der Waals surface area (Å²) in [5.74, 6) is 0. The first kappa shape index (κ1) is 19.1. The Morgan fingerprint density at radius 3 is 2.43 bits per heavy atom. The van der Waals surface area contributed by atoms with Gasteiger partial charge in [-0.05, 0) is 42.5 Å². The van der Waals surface area contributed by atoms with Crippen LogP contribution in [-0.2, 0) is 0 Å². The average molecular weight is 436 g/mol. The number of anilines is 2. The van der Waals surface area contributed by atoms with Crippen LogP contribution in [-0.4, -0.2) is 42.1 Å². The summed E-state index contributed by atoms with van der Waals surface area (Å²) in [4.78, 5) is 21.0. The zero-order valence-corrected chi connectivity index (χ0v) is 17.1. The topological polar surface area (TPSA) is 48.5 Å². The molecule has 2 heterocycles. The first-order valence-corrected chi connectivity index (χ1v) is 9.95. The molecule has 8 heteroatoms. The van der Waals surface area contributed by atoms with Crippen molar-refractivity contribution in [2.45, 2.75) is 0 Å². The number of urea groups is 1. The maximum atomic E-state index is 12.6. The van der Waals surface area contributed by atoms with Crippen LogP contribution < -0.4 is 10.2 Å². The van der Waals surface area contributed by atoms with Crippen LogP contribution in [0.2, 0.25) is 15.1 Å². The van der Waals surface area contributed by atoms with Crippen LogP contribution in [0.1, 0.15) is 0 Å². The normalized spacial score (nSPS) is 14.4. The van der Waals surface area contributed by atoms with Gasteiger partial charge in [0.25, 0.3) is 0 Å². The predicted molar refractivity (Wildman–Crippen MR) is 116 cm³/mol. The highest BCUT2D eigenvalue weighted by molar-refractivity contribution is 6.35. The fourth-order valence-corrected chi connectivity index (χ4v) is 3.82. The third-order valence-corrected chi connectivity index (χ3v) is 5.56. The quantitative estimate of drug-likeness (QED) is 0.574. The van der Waals surface area contributed by atoms with E-state index in [-0.39, 0.29) is 6.03 Å². The molecule has 0 bridgehead atoms. The Morgan fingerprint density at radius 1 is 0.929 bits per heavy atom. The van der Waals surface area contributed by atoms with Crippen molar-refractivity contribution in [1.82, 2.24) is 9.88 Å². The number of aromatic nitrogens is 1. The van der Waals surface area contributed by atoms with E-state index in [2.05, 4.69) is 15.2 Å². The molecule has 0 atom stereocenters. The van der Waals surface area contributed by atoms with Crippen molar-refractivity contribution >= 4 is 63.1 Å². The first-order chi connectivity index (χ1) is 13.5. The molecule has 2 amide bonds. The molecule has 144 valence electrons. The Bertz CT molecular complexity index is 1040. The van der Waals surface area contributed by atoms with Gasteiger partial charge in [0, 0.05) is 53.5 Å². The number of fused-ring (bicyclic) bond motifs is 1. The molecule has 0 unspecified atom stereocenters. The number of hydrogen-bond acceptors (Lipinski definition) is 3. The third kappa shape index (κ3) is 3.97. The molecule has 0 radical (unpaired) electrons. The lowest BCUT2D eigenvalue weighted by molar-refractivity contribution is 0.208. The average Bonchev–Trinajstić information content (AvgIpc) is 2.70. The van der Waals surface area contributed by atoms with Gasteiger partial charge in [-0.2, -0.15) is 0 Å². The number of nitrogens with one attached hydrogen (secondary N) is 1. The van der Waals surface area contributed by atoms with E-state index in [1.807, 2.05) is 24.3 Å². The number of pyridine rings is 1. The van der Waals surface area contributed by atoms with Gasteiger partial charge in [0.15, 0.2) is 0 Å². The van der Waals surface area contributed by atoms with Crippen molar-refractivity contribution in [3.63, 3.8) is 0 Å². The molecular weight excluding hydrogens is 419 g/mol. The predicted octanol–water partition coefficient (Wildman–Crippen LogP) is 5.55. The lowest BCUT2D eigenvalue weighted by Crippen LogP contribution is -2.50. The molecule has 5 nitrogen and oxygen atoms in total. The highest BCUT2D eigenvalue weighted by Gasteiger charge is 2.23. The number of carbonyl (C=O) groups is 1. The lowest BCUT2D eigenvalue weighted by Gasteiger charge is -2.36. The van der Waals surface area contributed by atoms with E-state index in [0.717, 1.165) is 29.7 Å². The van der Waals surface area contributed by atoms with Crippen LogP contribution in [0.5, 0.6) is 0 Å². The van der Waals surface area contributed by atoms with Gasteiger partial charge in [-0.25, -0.2) is 4.79 Å². The summed E-state index contributed by atoms with van der Waals surface area (Å²) < 4.78 is 0. The van der Waals surface area contributed by atoms with Gasteiger partial charge in [-0.1, -0.05) is 34.8 Å². The second-order valence-corrected chi connectivity index (χ2v) is 7.80. The molecule has 1 aromatic heterocycles. The number of rotatable bonds is 2. The highest BCUT2D eigenvalue weighted by atomic mass is 35.5. The van der Waals surface area contributed by atoms with E-state index in [1.54, 1.807) is 29.3 Å². The minimum Gasteiger partial charge on any atom is -0.367 e. The fourth-order valence-electron chi connectivity index (χ4n) is 3.32. The minimum absolute atomic E-state index is 0.185. The Balaban J connectivity index is 1.45. The number of halogens is 3. The third-order valence-electron chi connectivity index (χ3n) is 4.76. The molecule has 4 rings (SSSR count). The molecule has 1 fully saturated rings. The van der Waals surface area contributed by atoms with Crippen molar-refractivity contribution in [2.24, 2.45) is 0 Å². The summed E-state index contributed by atoms with van der Waals surface area (Å²) in [6.45, 7) is 2.64. The summed E-state index contributed by atoms with van der Waals surface area (Å²) in [6, 6.07) is 12.5. The van der Waals surface area contributed by atoms with E-state index in [0.29, 0.717) is 33.8 Å². The molecule has 1 aliphatic heterocycles. The van der Waals surface area contributed by atoms with Crippen LogP contribution in [0, 0.1) is 0 Å². The van der Waals surface area contributed by atoms with Crippen molar-refractivity contribution in [3.05, 3.63) is 63.7 Å². The molecule has 1 N–H and O–H groups in total. The SMILES string of the molecule is O=C(Nc1cc(Cl)ccc1Cl)N1CCN(c2ccnc3cc(Cl)ccc23)CC1. The van der Waals surface area contributed by atoms with E-state index < -0.39 is 0 Å². The van der Waals surface area contributed by atoms with Crippen LogP contribution >= 0.6 is 34.8 Å². The van der Waals surface area contributed by atoms with Gasteiger partial charge in [0.2, 0.25) is 0 Å². The van der Waals surface area contributed by atoms with Crippen LogP contribution in [0.15, 0.2) is 48.7 Å². The summed E-state index contributed by atoms with van der Waals surface area (Å²) in [7, 11) is 0. The molecule has 0 saturated carbocycles. The van der Waals surface area contributed by atoms with E-state index >= 15 is 0 Å². The standard InChI is InChI=1S/C20H17Cl3N4O/c21-13-1-3-15-17(11-13)24-6-5-19(15)26-7-9-27(10-8-26)20(28)25-18-12-14(22)2-4-16(18)23/h1-6,11-12H,7-10H2,(H,25,28). The van der Waals surface area contributed by atoms with Gasteiger partial charge >= 0.3 is 6.03 Å². The molecule has 0 aliphatic carbocycles. The van der Waals surface area contributed by atoms with Crippen molar-refractivity contribution < 1.29 is 4.79 Å². The summed E-state index contributed by atoms with van der Waals surface area (Å²) >= 11 is 18.2. The number of nitrogens with zero attached hydrogens (tertiary/aromatic N) is 3. The van der Waals surface area contributed by atoms with Gasteiger partial charge in [-0.15, -0.1) is 0 Å². The molecule has 28 heavy (non-hydrogen) atoms. The molecule has 3 aromatic rings. The Labute approximate surface area is 177 Å². The van der Waals surface area contributed by atoms with Gasteiger partial charge in [0.05, 0.1) is 16.2 Å². The smallest absolute Gasteiger partial charge is 0.322 e.